The number of hydrogen-bond donors (Lipinski definition) is 12. The van der Waals surface area contributed by atoms with E-state index in [0.717, 1.165) is 109 Å². The molecule has 3 saturated heterocycles. The van der Waals surface area contributed by atoms with Crippen molar-refractivity contribution in [3.8, 4) is 0 Å². The molecular formula is C98H169NO18. The number of nitrogens with one attached hydrogen (secondary N) is 1. The molecule has 0 spiro atoms. The van der Waals surface area contributed by atoms with Crippen molar-refractivity contribution in [1.82, 2.24) is 5.32 Å². The molecule has 19 heteroatoms. The largest absolute Gasteiger partial charge is 0.394 e. The summed E-state index contributed by atoms with van der Waals surface area (Å²) in [5.41, 5.74) is 0. The van der Waals surface area contributed by atoms with Gasteiger partial charge in [-0.2, -0.15) is 0 Å². The van der Waals surface area contributed by atoms with Crippen LogP contribution in [0.15, 0.2) is 134 Å². The molecular weight excluding hydrogens is 1480 g/mol. The maximum absolute atomic E-state index is 13.5. The third-order valence-electron chi connectivity index (χ3n) is 22.4. The van der Waals surface area contributed by atoms with Crippen LogP contribution in [-0.4, -0.2) is 193 Å². The highest BCUT2D eigenvalue weighted by Crippen LogP contribution is 2.34. The number of aliphatic hydroxyl groups excluding tert-OH is 11. The number of rotatable bonds is 75. The zero-order valence-electron chi connectivity index (χ0n) is 72.9. The SMILES string of the molecule is CC/C=C\C/C=C\C/C=C\C/C=C\C/C=C\C/C=C\C/C=C\C/C=C\C/C=C\CCCCCCCCCCCCCCCC(=O)NC(COC1OC(CO)C(OC2OC(CO)C(OC3OC(CO)C(O)C(O)C3O)C(O)C2O)C(O)C1O)C(O)/C=C/CC/C=C/CCCCCCCCCCCCCCCCCCCCCCCCCCC. The first kappa shape index (κ1) is 107. The molecule has 0 saturated carbocycles. The molecule has 0 aromatic heterocycles. The second-order valence-corrected chi connectivity index (χ2v) is 32.7. The molecule has 3 aliphatic rings. The maximum atomic E-state index is 13.5. The Balaban J connectivity index is 1.32. The van der Waals surface area contributed by atoms with E-state index in [0.29, 0.717) is 12.8 Å². The van der Waals surface area contributed by atoms with E-state index in [1.54, 1.807) is 6.08 Å². The molecule has 17 unspecified atom stereocenters. The van der Waals surface area contributed by atoms with Crippen LogP contribution in [0, 0.1) is 0 Å². The number of allylic oxidation sites excluding steroid dienone is 21. The molecule has 12 N–H and O–H groups in total. The quantitative estimate of drug-likeness (QED) is 0.0199. The minimum Gasteiger partial charge on any atom is -0.394 e. The lowest BCUT2D eigenvalue weighted by molar-refractivity contribution is -0.379. The van der Waals surface area contributed by atoms with Crippen molar-refractivity contribution < 1.29 is 89.4 Å². The standard InChI is InChI=1S/C98H169NO18/c1-3-5-7-9-11-13-15-17-19-21-23-25-27-29-31-33-35-36-37-38-39-40-41-42-43-44-46-48-50-52-54-56-58-60-62-64-66-68-70-72-74-76-86(104)99-81(82(103)75-73-71-69-67-65-63-61-59-57-55-53-51-49-47-45-34-32-30-28-26-24-22-20-18-16-14-12-10-8-6-4-2)80-112-96-92(110)89(107)94(84(78-101)114-96)117-98-93(111)90(108)95(85(79-102)115-98)116-97-91(109)88(106)87(105)83(77-100)113-97/h5,7,11,13,17,19,23,25,29,31,35-36,38-39,41-42,44,46,65,67,73,75,81-85,87-98,100-103,105-111H,3-4,6,8-10,12,14-16,18,20-22,24,26-28,30,32-34,37,40,43,45,47-64,66,68-72,74,76-80H2,1-2H3,(H,99,104)/b7-5-,13-11-,19-17-,25-23-,31-29-,36-35-,39-38-,42-41-,46-44-,67-65+,75-73+. The molecule has 1 amide bonds. The van der Waals surface area contributed by atoms with Gasteiger partial charge in [-0.05, 0) is 103 Å². The summed E-state index contributed by atoms with van der Waals surface area (Å²) in [7, 11) is 0. The molecule has 19 nitrogen and oxygen atoms in total. The van der Waals surface area contributed by atoms with Crippen molar-refractivity contribution in [2.45, 2.75) is 452 Å². The number of unbranched alkanes of at least 4 members (excludes halogenated alkanes) is 39. The minimum absolute atomic E-state index is 0.227. The fraction of sp³-hybridized carbons (Fsp3) is 0.765. The summed E-state index contributed by atoms with van der Waals surface area (Å²) in [6.07, 6.45) is 83.2. The van der Waals surface area contributed by atoms with E-state index in [4.69, 9.17) is 28.4 Å². The average molecular weight is 1650 g/mol. The first-order valence-corrected chi connectivity index (χ1v) is 46.9. The summed E-state index contributed by atoms with van der Waals surface area (Å²) in [4.78, 5) is 13.5. The van der Waals surface area contributed by atoms with Crippen molar-refractivity contribution in [2.75, 3.05) is 26.4 Å². The number of carbonyl (C=O) groups is 1. The lowest BCUT2D eigenvalue weighted by Gasteiger charge is -2.48. The fourth-order valence-corrected chi connectivity index (χ4v) is 15.0. The second kappa shape index (κ2) is 75.7. The topological polar surface area (TPSA) is 307 Å². The zero-order valence-corrected chi connectivity index (χ0v) is 72.9. The Labute approximate surface area is 709 Å². The van der Waals surface area contributed by atoms with Crippen molar-refractivity contribution in [2.24, 2.45) is 0 Å². The number of amides is 1. The number of hydrogen-bond acceptors (Lipinski definition) is 18. The average Bonchev–Trinajstić information content (AvgIpc) is 0.778. The van der Waals surface area contributed by atoms with Crippen molar-refractivity contribution >= 4 is 5.91 Å². The van der Waals surface area contributed by atoms with E-state index in [1.165, 1.54) is 205 Å². The first-order chi connectivity index (χ1) is 57.3. The minimum atomic E-state index is -1.99. The Morgan fingerprint density at radius 3 is 0.957 bits per heavy atom. The van der Waals surface area contributed by atoms with Crippen molar-refractivity contribution in [1.29, 1.82) is 0 Å². The highest BCUT2D eigenvalue weighted by molar-refractivity contribution is 5.76. The Morgan fingerprint density at radius 2 is 0.598 bits per heavy atom. The lowest BCUT2D eigenvalue weighted by Crippen LogP contribution is -2.66. The van der Waals surface area contributed by atoms with Crippen LogP contribution in [-0.2, 0) is 33.2 Å². The van der Waals surface area contributed by atoms with Crippen LogP contribution in [0.25, 0.3) is 0 Å². The molecule has 3 aliphatic heterocycles. The molecule has 3 fully saturated rings. The molecule has 0 radical (unpaired) electrons. The predicted molar refractivity (Wildman–Crippen MR) is 475 cm³/mol. The molecule has 0 aromatic carbocycles. The van der Waals surface area contributed by atoms with Crippen molar-refractivity contribution in [3.63, 3.8) is 0 Å². The van der Waals surface area contributed by atoms with Gasteiger partial charge in [-0.15, -0.1) is 0 Å². The number of ether oxygens (including phenoxy) is 6. The van der Waals surface area contributed by atoms with Crippen LogP contribution in [0.3, 0.4) is 0 Å². The summed E-state index contributed by atoms with van der Waals surface area (Å²) in [5.74, 6) is -0.287. The van der Waals surface area contributed by atoms with Gasteiger partial charge < -0.3 is 89.9 Å². The van der Waals surface area contributed by atoms with E-state index >= 15 is 0 Å². The van der Waals surface area contributed by atoms with Crippen LogP contribution in [0.4, 0.5) is 0 Å². The zero-order chi connectivity index (χ0) is 84.5. The van der Waals surface area contributed by atoms with E-state index in [-0.39, 0.29) is 18.9 Å². The Kier molecular flexibility index (Phi) is 69.3. The van der Waals surface area contributed by atoms with Gasteiger partial charge in [0.1, 0.15) is 73.2 Å². The Hall–Kier alpha value is -4.07. The van der Waals surface area contributed by atoms with Gasteiger partial charge in [-0.3, -0.25) is 4.79 Å². The third-order valence-corrected chi connectivity index (χ3v) is 22.4. The van der Waals surface area contributed by atoms with Gasteiger partial charge in [0.25, 0.3) is 0 Å². The monoisotopic (exact) mass is 1650 g/mol. The summed E-state index contributed by atoms with van der Waals surface area (Å²) >= 11 is 0. The van der Waals surface area contributed by atoms with Crippen LogP contribution < -0.4 is 5.32 Å². The number of carbonyl (C=O) groups excluding carboxylic acids is 1. The van der Waals surface area contributed by atoms with Crippen LogP contribution in [0.1, 0.15) is 348 Å². The smallest absolute Gasteiger partial charge is 0.220 e. The number of aliphatic hydroxyl groups is 11. The van der Waals surface area contributed by atoms with Crippen LogP contribution in [0.2, 0.25) is 0 Å². The first-order valence-electron chi connectivity index (χ1n) is 46.9. The van der Waals surface area contributed by atoms with Crippen molar-refractivity contribution in [3.05, 3.63) is 134 Å². The molecule has 0 aliphatic carbocycles. The molecule has 0 bridgehead atoms. The van der Waals surface area contributed by atoms with Gasteiger partial charge in [0.05, 0.1) is 38.6 Å². The van der Waals surface area contributed by atoms with Gasteiger partial charge in [0.2, 0.25) is 5.91 Å². The lowest BCUT2D eigenvalue weighted by atomic mass is 9.96. The van der Waals surface area contributed by atoms with Gasteiger partial charge in [0, 0.05) is 6.42 Å². The summed E-state index contributed by atoms with van der Waals surface area (Å²) < 4.78 is 34.5. The highest BCUT2D eigenvalue weighted by Gasteiger charge is 2.54. The van der Waals surface area contributed by atoms with Crippen LogP contribution in [0.5, 0.6) is 0 Å². The van der Waals surface area contributed by atoms with E-state index in [1.807, 2.05) is 6.08 Å². The predicted octanol–water partition coefficient (Wildman–Crippen LogP) is 18.7. The third kappa shape index (κ3) is 53.6. The van der Waals surface area contributed by atoms with E-state index < -0.39 is 124 Å². The second-order valence-electron chi connectivity index (χ2n) is 32.7. The molecule has 3 rings (SSSR count). The Morgan fingerprint density at radius 1 is 0.316 bits per heavy atom. The van der Waals surface area contributed by atoms with Gasteiger partial charge >= 0.3 is 0 Å². The molecule has 117 heavy (non-hydrogen) atoms. The maximum Gasteiger partial charge on any atom is 0.220 e. The van der Waals surface area contributed by atoms with Crippen LogP contribution >= 0.6 is 0 Å². The Bertz CT molecular complexity index is 2630. The van der Waals surface area contributed by atoms with Gasteiger partial charge in [-0.25, -0.2) is 0 Å². The van der Waals surface area contributed by atoms with Gasteiger partial charge in [0.15, 0.2) is 18.9 Å². The summed E-state index contributed by atoms with van der Waals surface area (Å²) in [6.45, 7) is 1.64. The van der Waals surface area contributed by atoms with E-state index in [2.05, 4.69) is 141 Å². The van der Waals surface area contributed by atoms with E-state index in [9.17, 15) is 61.0 Å². The summed E-state index contributed by atoms with van der Waals surface area (Å²) in [5, 5.41) is 121. The summed E-state index contributed by atoms with van der Waals surface area (Å²) in [6, 6.07) is -1.00. The fourth-order valence-electron chi connectivity index (χ4n) is 15.0. The highest BCUT2D eigenvalue weighted by atomic mass is 16.8. The molecule has 17 atom stereocenters. The molecule has 674 valence electrons. The van der Waals surface area contributed by atoms with Gasteiger partial charge in [-0.1, -0.05) is 372 Å². The normalized spacial score (nSPS) is 25.0. The molecule has 3 heterocycles. The molecule has 0 aromatic rings.